The fourth-order valence-electron chi connectivity index (χ4n) is 1.26. The topological polar surface area (TPSA) is 58.6 Å². The molecule has 5 nitrogen and oxygen atoms in total. The largest absolute Gasteiger partial charge is 0.469 e. The number of nitrogens with one attached hydrogen (secondary N) is 1. The summed E-state index contributed by atoms with van der Waals surface area (Å²) in [7, 11) is 2.99. The maximum absolute atomic E-state index is 11.7. The Balaban J connectivity index is 2.40. The summed E-state index contributed by atoms with van der Waals surface area (Å²) in [4.78, 5) is 24.0. The van der Waals surface area contributed by atoms with Gasteiger partial charge < -0.3 is 10.1 Å². The molecule has 1 N–H and O–H groups in total. The zero-order chi connectivity index (χ0) is 12.7. The Morgan fingerprint density at radius 1 is 1.29 bits per heavy atom. The van der Waals surface area contributed by atoms with E-state index in [4.69, 9.17) is 0 Å². The van der Waals surface area contributed by atoms with Gasteiger partial charge in [-0.3, -0.25) is 9.69 Å². The zero-order valence-electron chi connectivity index (χ0n) is 9.97. The molecule has 0 aliphatic rings. The Hall–Kier alpha value is -2.04. The molecule has 0 heterocycles. The lowest BCUT2D eigenvalue weighted by atomic mass is 10.3. The third-order valence-electron chi connectivity index (χ3n) is 2.28. The monoisotopic (exact) mass is 236 g/mol. The molecular formula is C12H16N2O3. The predicted octanol–water partition coefficient (Wildman–Crippen LogP) is 1.40. The minimum absolute atomic E-state index is 0.171. The van der Waals surface area contributed by atoms with Crippen LogP contribution in [0, 0.1) is 0 Å². The fraction of sp³-hybridized carbons (Fsp3) is 0.333. The van der Waals surface area contributed by atoms with Crippen LogP contribution in [0.1, 0.15) is 6.42 Å². The second-order valence-corrected chi connectivity index (χ2v) is 3.45. The second kappa shape index (κ2) is 6.52. The van der Waals surface area contributed by atoms with Gasteiger partial charge in [-0.05, 0) is 12.1 Å². The fourth-order valence-corrected chi connectivity index (χ4v) is 1.26. The zero-order valence-corrected chi connectivity index (χ0v) is 9.97. The molecule has 0 radical (unpaired) electrons. The third-order valence-corrected chi connectivity index (χ3v) is 2.28. The molecule has 92 valence electrons. The van der Waals surface area contributed by atoms with Crippen LogP contribution in [0.15, 0.2) is 30.3 Å². The van der Waals surface area contributed by atoms with Crippen LogP contribution in [0.3, 0.4) is 0 Å². The van der Waals surface area contributed by atoms with E-state index in [1.165, 1.54) is 12.0 Å². The summed E-state index contributed by atoms with van der Waals surface area (Å²) in [5, 5.41) is 2.63. The minimum Gasteiger partial charge on any atom is -0.469 e. The van der Waals surface area contributed by atoms with E-state index in [1.54, 1.807) is 7.05 Å². The molecule has 1 aromatic rings. The highest BCUT2D eigenvalue weighted by atomic mass is 16.5. The third kappa shape index (κ3) is 4.14. The number of nitrogens with zero attached hydrogens (tertiary/aromatic N) is 1. The molecule has 0 atom stereocenters. The van der Waals surface area contributed by atoms with Gasteiger partial charge >= 0.3 is 12.0 Å². The number of anilines is 1. The summed E-state index contributed by atoms with van der Waals surface area (Å²) < 4.78 is 4.47. The molecule has 0 saturated heterocycles. The molecule has 0 aliphatic carbocycles. The lowest BCUT2D eigenvalue weighted by Gasteiger charge is -2.17. The summed E-state index contributed by atoms with van der Waals surface area (Å²) in [6.45, 7) is 0.267. The minimum atomic E-state index is -0.340. The van der Waals surface area contributed by atoms with Gasteiger partial charge in [0.1, 0.15) is 0 Å². The van der Waals surface area contributed by atoms with Crippen LogP contribution in [0.4, 0.5) is 10.5 Å². The number of urea groups is 1. The number of para-hydroxylation sites is 1. The number of hydrogen-bond donors (Lipinski definition) is 1. The molecule has 5 heteroatoms. The first-order valence-corrected chi connectivity index (χ1v) is 5.28. The first-order chi connectivity index (χ1) is 8.15. The van der Waals surface area contributed by atoms with Gasteiger partial charge in [0.15, 0.2) is 0 Å². The van der Waals surface area contributed by atoms with E-state index in [2.05, 4.69) is 10.1 Å². The average Bonchev–Trinajstić information content (AvgIpc) is 2.38. The number of carbonyl (C=O) groups is 2. The van der Waals surface area contributed by atoms with Crippen molar-refractivity contribution in [3.63, 3.8) is 0 Å². The van der Waals surface area contributed by atoms with Gasteiger partial charge in [0, 0.05) is 19.3 Å². The molecule has 0 unspecified atom stereocenters. The van der Waals surface area contributed by atoms with Crippen molar-refractivity contribution in [1.82, 2.24) is 5.32 Å². The van der Waals surface area contributed by atoms with E-state index >= 15 is 0 Å². The first kappa shape index (κ1) is 13.0. The average molecular weight is 236 g/mol. The van der Waals surface area contributed by atoms with Crippen molar-refractivity contribution in [2.45, 2.75) is 6.42 Å². The van der Waals surface area contributed by atoms with Crippen LogP contribution in [0.2, 0.25) is 0 Å². The van der Waals surface area contributed by atoms with Gasteiger partial charge in [-0.1, -0.05) is 18.2 Å². The molecule has 2 amide bonds. The Labute approximate surface area is 100 Å². The van der Waals surface area contributed by atoms with Crippen LogP contribution >= 0.6 is 0 Å². The van der Waals surface area contributed by atoms with Crippen molar-refractivity contribution < 1.29 is 14.3 Å². The standard InChI is InChI=1S/C12H16N2O3/c1-14(10-6-4-3-5-7-10)12(16)13-9-8-11(15)17-2/h3-7H,8-9H2,1-2H3,(H,13,16). The number of hydrogen-bond acceptors (Lipinski definition) is 3. The smallest absolute Gasteiger partial charge is 0.321 e. The molecule has 0 aliphatic heterocycles. The van der Waals surface area contributed by atoms with E-state index in [1.807, 2.05) is 30.3 Å². The SMILES string of the molecule is COC(=O)CCNC(=O)N(C)c1ccccc1. The Bertz CT molecular complexity index is 379. The Morgan fingerprint density at radius 3 is 2.53 bits per heavy atom. The molecule has 0 saturated carbocycles. The van der Waals surface area contributed by atoms with Crippen LogP contribution < -0.4 is 10.2 Å². The highest BCUT2D eigenvalue weighted by Gasteiger charge is 2.10. The number of methoxy groups -OCH3 is 1. The van der Waals surface area contributed by atoms with Crippen molar-refractivity contribution >= 4 is 17.7 Å². The maximum atomic E-state index is 11.7. The van der Waals surface area contributed by atoms with Gasteiger partial charge in [-0.2, -0.15) is 0 Å². The molecule has 0 spiro atoms. The summed E-state index contributed by atoms with van der Waals surface area (Å²) in [6.07, 6.45) is 0.171. The maximum Gasteiger partial charge on any atom is 0.321 e. The van der Waals surface area contributed by atoms with Crippen molar-refractivity contribution in [3.05, 3.63) is 30.3 Å². The molecule has 1 rings (SSSR count). The molecular weight excluding hydrogens is 220 g/mol. The molecule has 1 aromatic carbocycles. The lowest BCUT2D eigenvalue weighted by molar-refractivity contribution is -0.140. The second-order valence-electron chi connectivity index (χ2n) is 3.45. The number of carbonyl (C=O) groups excluding carboxylic acids is 2. The van der Waals surface area contributed by atoms with E-state index in [9.17, 15) is 9.59 Å². The van der Waals surface area contributed by atoms with Crippen molar-refractivity contribution in [1.29, 1.82) is 0 Å². The van der Waals surface area contributed by atoms with Gasteiger partial charge in [-0.15, -0.1) is 0 Å². The number of ether oxygens (including phenoxy) is 1. The number of amides is 2. The summed E-state index contributed by atoms with van der Waals surface area (Å²) in [6, 6.07) is 9.01. The molecule has 17 heavy (non-hydrogen) atoms. The van der Waals surface area contributed by atoms with E-state index < -0.39 is 0 Å². The van der Waals surface area contributed by atoms with Gasteiger partial charge in [0.05, 0.1) is 13.5 Å². The van der Waals surface area contributed by atoms with Gasteiger partial charge in [0.25, 0.3) is 0 Å². The number of esters is 1. The van der Waals surface area contributed by atoms with Crippen molar-refractivity contribution in [2.75, 3.05) is 25.6 Å². The van der Waals surface area contributed by atoms with Gasteiger partial charge in [0.2, 0.25) is 0 Å². The Kier molecular flexibility index (Phi) is 5.00. The van der Waals surface area contributed by atoms with Crippen LogP contribution in [-0.4, -0.2) is 32.7 Å². The summed E-state index contributed by atoms with van der Waals surface area (Å²) in [5.74, 6) is -0.340. The lowest BCUT2D eigenvalue weighted by Crippen LogP contribution is -2.38. The van der Waals surface area contributed by atoms with Crippen LogP contribution in [0.25, 0.3) is 0 Å². The molecule has 0 fully saturated rings. The quantitative estimate of drug-likeness (QED) is 0.804. The first-order valence-electron chi connectivity index (χ1n) is 5.28. The Morgan fingerprint density at radius 2 is 1.94 bits per heavy atom. The van der Waals surface area contributed by atoms with Crippen LogP contribution in [-0.2, 0) is 9.53 Å². The summed E-state index contributed by atoms with van der Waals surface area (Å²) in [5.41, 5.74) is 0.795. The molecule has 0 bridgehead atoms. The number of benzene rings is 1. The van der Waals surface area contributed by atoms with Gasteiger partial charge in [-0.25, -0.2) is 4.79 Å². The highest BCUT2D eigenvalue weighted by molar-refractivity contribution is 5.91. The van der Waals surface area contributed by atoms with Crippen LogP contribution in [0.5, 0.6) is 0 Å². The normalized spacial score (nSPS) is 9.53. The van der Waals surface area contributed by atoms with E-state index in [0.717, 1.165) is 5.69 Å². The number of rotatable bonds is 4. The molecule has 0 aromatic heterocycles. The highest BCUT2D eigenvalue weighted by Crippen LogP contribution is 2.10. The van der Waals surface area contributed by atoms with Crippen molar-refractivity contribution in [2.24, 2.45) is 0 Å². The van der Waals surface area contributed by atoms with E-state index in [0.29, 0.717) is 0 Å². The predicted molar refractivity (Wildman–Crippen MR) is 64.9 cm³/mol. The van der Waals surface area contributed by atoms with E-state index in [-0.39, 0.29) is 25.0 Å². The summed E-state index contributed by atoms with van der Waals surface area (Å²) >= 11 is 0. The van der Waals surface area contributed by atoms with Crippen molar-refractivity contribution in [3.8, 4) is 0 Å².